The molecule has 2 amide bonds. The van der Waals surface area contributed by atoms with Gasteiger partial charge in [-0.05, 0) is 43.7 Å². The fourth-order valence-electron chi connectivity index (χ4n) is 4.89. The normalized spacial score (nSPS) is 16.5. The standard InChI is InChI=1S/C31H32N4O4/c1-4-39-25-16-14-22(15-17-25)20-34-29(36)27-18-26(23-10-6-5-7-11-23)33-35(27)21-31(34,2)30(37)32-19-24-12-8-9-13-28(24)38-3/h5-18H,4,19-21H2,1-3H3,(H,32,37)/t31-/m1/s1. The van der Waals surface area contributed by atoms with Gasteiger partial charge in [-0.15, -0.1) is 0 Å². The van der Waals surface area contributed by atoms with Crippen molar-refractivity contribution in [3.05, 3.63) is 102 Å². The maximum atomic E-state index is 14.0. The van der Waals surface area contributed by atoms with Crippen LogP contribution in [-0.2, 0) is 24.4 Å². The Morgan fingerprint density at radius 3 is 2.46 bits per heavy atom. The van der Waals surface area contributed by atoms with Crippen molar-refractivity contribution in [1.29, 1.82) is 0 Å². The number of para-hydroxylation sites is 1. The van der Waals surface area contributed by atoms with E-state index in [1.807, 2.05) is 85.8 Å². The number of nitrogens with zero attached hydrogens (tertiary/aromatic N) is 3. The number of aromatic nitrogens is 2. The van der Waals surface area contributed by atoms with E-state index in [1.54, 1.807) is 29.7 Å². The fourth-order valence-corrected chi connectivity index (χ4v) is 4.89. The van der Waals surface area contributed by atoms with Gasteiger partial charge in [0.2, 0.25) is 5.91 Å². The molecule has 200 valence electrons. The first-order valence-corrected chi connectivity index (χ1v) is 13.0. The molecule has 3 aromatic carbocycles. The fraction of sp³-hybridized carbons (Fsp3) is 0.258. The van der Waals surface area contributed by atoms with Crippen LogP contribution >= 0.6 is 0 Å². The summed E-state index contributed by atoms with van der Waals surface area (Å²) in [6.07, 6.45) is 0. The minimum Gasteiger partial charge on any atom is -0.496 e. The molecule has 1 N–H and O–H groups in total. The summed E-state index contributed by atoms with van der Waals surface area (Å²) in [4.78, 5) is 29.5. The van der Waals surface area contributed by atoms with Gasteiger partial charge in [0, 0.05) is 24.2 Å². The maximum absolute atomic E-state index is 14.0. The molecule has 1 aliphatic heterocycles. The largest absolute Gasteiger partial charge is 0.496 e. The van der Waals surface area contributed by atoms with Crippen LogP contribution in [0.5, 0.6) is 11.5 Å². The zero-order valence-corrected chi connectivity index (χ0v) is 22.4. The summed E-state index contributed by atoms with van der Waals surface area (Å²) in [6, 6.07) is 26.7. The predicted octanol–water partition coefficient (Wildman–Crippen LogP) is 4.69. The number of hydrogen-bond acceptors (Lipinski definition) is 5. The monoisotopic (exact) mass is 524 g/mol. The number of carbonyl (C=O) groups is 2. The van der Waals surface area contributed by atoms with Crippen LogP contribution in [-0.4, -0.2) is 45.8 Å². The van der Waals surface area contributed by atoms with Crippen LogP contribution in [0.1, 0.15) is 35.5 Å². The van der Waals surface area contributed by atoms with Gasteiger partial charge in [0.05, 0.1) is 26.0 Å². The third kappa shape index (κ3) is 5.23. The van der Waals surface area contributed by atoms with Crippen molar-refractivity contribution in [3.8, 4) is 22.8 Å². The van der Waals surface area contributed by atoms with E-state index >= 15 is 0 Å². The Morgan fingerprint density at radius 1 is 1.03 bits per heavy atom. The number of rotatable bonds is 9. The third-order valence-electron chi connectivity index (χ3n) is 7.06. The number of benzene rings is 3. The Labute approximate surface area is 228 Å². The second kappa shape index (κ2) is 11.0. The van der Waals surface area contributed by atoms with E-state index in [0.29, 0.717) is 23.7 Å². The maximum Gasteiger partial charge on any atom is 0.273 e. The second-order valence-corrected chi connectivity index (χ2v) is 9.68. The van der Waals surface area contributed by atoms with E-state index < -0.39 is 5.54 Å². The Bertz CT molecular complexity index is 1470. The molecule has 2 heterocycles. The molecule has 0 aliphatic carbocycles. The lowest BCUT2D eigenvalue weighted by Gasteiger charge is -2.43. The molecule has 1 aliphatic rings. The predicted molar refractivity (Wildman–Crippen MR) is 148 cm³/mol. The first-order valence-electron chi connectivity index (χ1n) is 13.0. The van der Waals surface area contributed by atoms with Gasteiger partial charge in [0.25, 0.3) is 5.91 Å². The quantitative estimate of drug-likeness (QED) is 0.343. The molecule has 0 bridgehead atoms. The van der Waals surface area contributed by atoms with Crippen molar-refractivity contribution in [3.63, 3.8) is 0 Å². The molecule has 0 saturated carbocycles. The minimum atomic E-state index is -1.19. The van der Waals surface area contributed by atoms with Crippen LogP contribution in [0.25, 0.3) is 11.3 Å². The first-order chi connectivity index (χ1) is 18.9. The summed E-state index contributed by atoms with van der Waals surface area (Å²) in [5.74, 6) is 0.930. The zero-order chi connectivity index (χ0) is 27.4. The van der Waals surface area contributed by atoms with Gasteiger partial charge in [0.1, 0.15) is 22.7 Å². The van der Waals surface area contributed by atoms with Gasteiger partial charge < -0.3 is 19.7 Å². The minimum absolute atomic E-state index is 0.218. The van der Waals surface area contributed by atoms with Crippen molar-refractivity contribution in [2.45, 2.75) is 39.0 Å². The number of ether oxygens (including phenoxy) is 2. The molecular formula is C31H32N4O4. The third-order valence-corrected chi connectivity index (χ3v) is 7.06. The van der Waals surface area contributed by atoms with E-state index in [4.69, 9.17) is 14.6 Å². The lowest BCUT2D eigenvalue weighted by atomic mass is 9.94. The number of nitrogens with one attached hydrogen (secondary N) is 1. The number of methoxy groups -OCH3 is 1. The Hall–Kier alpha value is -4.59. The molecule has 0 unspecified atom stereocenters. The summed E-state index contributed by atoms with van der Waals surface area (Å²) in [5, 5.41) is 7.76. The lowest BCUT2D eigenvalue weighted by molar-refractivity contribution is -0.133. The molecule has 5 rings (SSSR count). The van der Waals surface area contributed by atoms with Gasteiger partial charge in [-0.1, -0.05) is 60.7 Å². The van der Waals surface area contributed by atoms with Gasteiger partial charge in [0.15, 0.2) is 0 Å². The van der Waals surface area contributed by atoms with Crippen molar-refractivity contribution in [2.75, 3.05) is 13.7 Å². The summed E-state index contributed by atoms with van der Waals surface area (Å²) < 4.78 is 12.7. The number of fused-ring (bicyclic) bond motifs is 1. The van der Waals surface area contributed by atoms with Crippen LogP contribution in [0.15, 0.2) is 84.9 Å². The molecule has 0 radical (unpaired) electrons. The summed E-state index contributed by atoms with van der Waals surface area (Å²) in [7, 11) is 1.60. The van der Waals surface area contributed by atoms with Crippen LogP contribution < -0.4 is 14.8 Å². The molecule has 1 aromatic heterocycles. The number of amides is 2. The molecule has 0 saturated heterocycles. The summed E-state index contributed by atoms with van der Waals surface area (Å²) in [6.45, 7) is 5.05. The topological polar surface area (TPSA) is 85.7 Å². The Morgan fingerprint density at radius 2 is 1.74 bits per heavy atom. The van der Waals surface area contributed by atoms with Crippen molar-refractivity contribution < 1.29 is 19.1 Å². The van der Waals surface area contributed by atoms with E-state index in [2.05, 4.69) is 5.32 Å². The van der Waals surface area contributed by atoms with E-state index in [1.165, 1.54) is 0 Å². The van der Waals surface area contributed by atoms with Crippen LogP contribution in [0.3, 0.4) is 0 Å². The van der Waals surface area contributed by atoms with Crippen molar-refractivity contribution in [2.24, 2.45) is 0 Å². The lowest BCUT2D eigenvalue weighted by Crippen LogP contribution is -2.63. The van der Waals surface area contributed by atoms with Gasteiger partial charge in [-0.2, -0.15) is 5.10 Å². The molecule has 0 fully saturated rings. The SMILES string of the molecule is CCOc1ccc(CN2C(=O)c3cc(-c4ccccc4)nn3C[C@]2(C)C(=O)NCc2ccccc2OC)cc1. The molecule has 4 aromatic rings. The Kier molecular flexibility index (Phi) is 7.36. The van der Waals surface area contributed by atoms with E-state index in [-0.39, 0.29) is 31.4 Å². The highest BCUT2D eigenvalue weighted by atomic mass is 16.5. The molecule has 8 heteroatoms. The Balaban J connectivity index is 1.47. The van der Waals surface area contributed by atoms with E-state index in [0.717, 1.165) is 22.4 Å². The van der Waals surface area contributed by atoms with Gasteiger partial charge in [-0.3, -0.25) is 14.3 Å². The van der Waals surface area contributed by atoms with Gasteiger partial charge >= 0.3 is 0 Å². The van der Waals surface area contributed by atoms with E-state index in [9.17, 15) is 9.59 Å². The van der Waals surface area contributed by atoms with Crippen molar-refractivity contribution in [1.82, 2.24) is 20.0 Å². The van der Waals surface area contributed by atoms with Crippen LogP contribution in [0.4, 0.5) is 0 Å². The van der Waals surface area contributed by atoms with Crippen LogP contribution in [0.2, 0.25) is 0 Å². The molecule has 0 spiro atoms. The highest BCUT2D eigenvalue weighted by molar-refractivity contribution is 6.00. The highest BCUT2D eigenvalue weighted by Gasteiger charge is 2.48. The molecule has 39 heavy (non-hydrogen) atoms. The first kappa shape index (κ1) is 26.0. The average Bonchev–Trinajstić information content (AvgIpc) is 3.39. The molecular weight excluding hydrogens is 492 g/mol. The van der Waals surface area contributed by atoms with Gasteiger partial charge in [-0.25, -0.2) is 0 Å². The summed E-state index contributed by atoms with van der Waals surface area (Å²) >= 11 is 0. The second-order valence-electron chi connectivity index (χ2n) is 9.68. The smallest absolute Gasteiger partial charge is 0.273 e. The average molecular weight is 525 g/mol. The van der Waals surface area contributed by atoms with Crippen molar-refractivity contribution >= 4 is 11.8 Å². The summed E-state index contributed by atoms with van der Waals surface area (Å²) in [5.41, 5.74) is 2.61. The zero-order valence-electron chi connectivity index (χ0n) is 22.4. The molecule has 8 nitrogen and oxygen atoms in total. The van der Waals surface area contributed by atoms with Crippen LogP contribution in [0, 0.1) is 0 Å². The number of carbonyl (C=O) groups excluding carboxylic acids is 2. The highest BCUT2D eigenvalue weighted by Crippen LogP contribution is 2.32. The number of hydrogen-bond donors (Lipinski definition) is 1. The molecule has 1 atom stereocenters.